The summed E-state index contributed by atoms with van der Waals surface area (Å²) in [5, 5.41) is 0. The second-order valence-corrected chi connectivity index (χ2v) is 29.5. The van der Waals surface area contributed by atoms with Crippen molar-refractivity contribution in [3.63, 3.8) is 0 Å². The van der Waals surface area contributed by atoms with Crippen LogP contribution in [0.1, 0.15) is 301 Å². The summed E-state index contributed by atoms with van der Waals surface area (Å²) in [6.07, 6.45) is 53.8. The Kier molecular flexibility index (Phi) is 31.0. The van der Waals surface area contributed by atoms with Gasteiger partial charge in [-0.25, -0.2) is 0 Å². The predicted molar refractivity (Wildman–Crippen MR) is 395 cm³/mol. The number of rotatable bonds is 32. The predicted octanol–water partition coefficient (Wildman–Crippen LogP) is 25.5. The van der Waals surface area contributed by atoms with Gasteiger partial charge in [0.15, 0.2) is 0 Å². The monoisotopic (exact) mass is 1510 g/mol. The maximum absolute atomic E-state index is 7.24. The van der Waals surface area contributed by atoms with Gasteiger partial charge in [-0.2, -0.15) is 0 Å². The summed E-state index contributed by atoms with van der Waals surface area (Å²) < 4.78 is 61.3. The lowest BCUT2D eigenvalue weighted by Crippen LogP contribution is -2.17. The molecule has 0 atom stereocenters. The molecule has 0 fully saturated rings. The molecular weight excluding hydrogens is 1410 g/mol. The Hall–Kier alpha value is -3.84. The summed E-state index contributed by atoms with van der Waals surface area (Å²) in [4.78, 5) is 0. The molecule has 0 unspecified atom stereocenters. The minimum atomic E-state index is -0.164. The first-order valence-corrected chi connectivity index (χ1v) is 39.5. The SMILES string of the molecule is CCCCCCCCCC1c2cc3c4c(Br)c2OC/C=C\COc2c1cc1c(c2Br)OC/C=C\COc2c(cc5c(c2Br)OC/C=C\COc2c(cc(c(c2Br)OC/C=C\CO4)C3CCCCCCCCC)C5CCCCCCCCC)C1CCCCCCCCC. The van der Waals surface area contributed by atoms with Crippen LogP contribution >= 0.6 is 63.7 Å². The summed E-state index contributed by atoms with van der Waals surface area (Å²) in [7, 11) is 0. The molecular formula is C80H108Br4O8. The number of hydrogen-bond acceptors (Lipinski definition) is 8. The van der Waals surface area contributed by atoms with Crippen LogP contribution in [0.3, 0.4) is 0 Å². The Bertz CT molecular complexity index is 2520. The third-order valence-corrected chi connectivity index (χ3v) is 22.5. The zero-order valence-corrected chi connectivity index (χ0v) is 62.6. The Morgan fingerprint density at radius 2 is 0.370 bits per heavy atom. The van der Waals surface area contributed by atoms with Crippen molar-refractivity contribution in [3.05, 3.63) is 135 Å². The molecule has 0 amide bonds. The van der Waals surface area contributed by atoms with Crippen molar-refractivity contribution in [2.24, 2.45) is 0 Å². The average molecular weight is 1520 g/mol. The smallest absolute Gasteiger partial charge is 0.141 e. The van der Waals surface area contributed by atoms with E-state index in [9.17, 15) is 0 Å². The van der Waals surface area contributed by atoms with E-state index in [0.717, 1.165) is 185 Å². The average Bonchev–Trinajstić information content (AvgIpc) is 0.962. The maximum atomic E-state index is 7.24. The largest absolute Gasteiger partial charge is 0.488 e. The van der Waals surface area contributed by atoms with E-state index in [2.05, 4.69) is 164 Å². The second kappa shape index (κ2) is 39.4. The van der Waals surface area contributed by atoms with Crippen molar-refractivity contribution < 1.29 is 37.9 Å². The van der Waals surface area contributed by atoms with Crippen molar-refractivity contribution in [1.82, 2.24) is 0 Å². The molecule has 12 heteroatoms. The van der Waals surface area contributed by atoms with Gasteiger partial charge in [0.2, 0.25) is 0 Å². The van der Waals surface area contributed by atoms with E-state index >= 15 is 0 Å². The highest BCUT2D eigenvalue weighted by Gasteiger charge is 2.39. The maximum Gasteiger partial charge on any atom is 0.141 e. The molecule has 0 spiro atoms. The molecule has 4 aliphatic heterocycles. The third kappa shape index (κ3) is 19.3. The molecule has 504 valence electrons. The normalized spacial score (nSPS) is 19.7. The minimum Gasteiger partial charge on any atom is -0.488 e. The molecule has 8 bridgehead atoms. The first kappa shape index (κ1) is 72.4. The molecule has 0 N–H and O–H groups in total. The zero-order chi connectivity index (χ0) is 64.3. The fraction of sp³-hybridized carbons (Fsp3) is 0.600. The van der Waals surface area contributed by atoms with Crippen LogP contribution in [-0.4, -0.2) is 52.9 Å². The Morgan fingerprint density at radius 1 is 0.228 bits per heavy atom. The molecule has 4 aromatic carbocycles. The molecule has 9 rings (SSSR count). The Balaban J connectivity index is 1.42. The second-order valence-electron chi connectivity index (χ2n) is 26.3. The van der Waals surface area contributed by atoms with Gasteiger partial charge < -0.3 is 37.9 Å². The lowest BCUT2D eigenvalue weighted by atomic mass is 9.76. The van der Waals surface area contributed by atoms with Crippen LogP contribution < -0.4 is 37.9 Å². The van der Waals surface area contributed by atoms with Crippen molar-refractivity contribution in [1.29, 1.82) is 0 Å². The Morgan fingerprint density at radius 3 is 0.522 bits per heavy atom. The molecule has 4 aromatic rings. The quantitative estimate of drug-likeness (QED) is 0.0354. The van der Waals surface area contributed by atoms with Gasteiger partial charge in [0, 0.05) is 68.2 Å². The molecule has 8 nitrogen and oxygen atoms in total. The van der Waals surface area contributed by atoms with E-state index < -0.39 is 0 Å². The lowest BCUT2D eigenvalue weighted by molar-refractivity contribution is 0.329. The fourth-order valence-corrected chi connectivity index (χ4v) is 17.3. The van der Waals surface area contributed by atoms with E-state index in [-0.39, 0.29) is 23.7 Å². The van der Waals surface area contributed by atoms with Gasteiger partial charge in [-0.15, -0.1) is 0 Å². The minimum absolute atomic E-state index is 0.164. The van der Waals surface area contributed by atoms with Gasteiger partial charge in [0.05, 0.1) is 0 Å². The van der Waals surface area contributed by atoms with Gasteiger partial charge in [-0.1, -0.05) is 207 Å². The number of unbranched alkanes of at least 4 members (excludes halogenated alkanes) is 24. The molecule has 0 saturated heterocycles. The van der Waals surface area contributed by atoms with Gasteiger partial charge in [0.1, 0.15) is 117 Å². The van der Waals surface area contributed by atoms with Crippen LogP contribution in [0.2, 0.25) is 0 Å². The van der Waals surface area contributed by atoms with Crippen LogP contribution in [-0.2, 0) is 0 Å². The van der Waals surface area contributed by atoms with Gasteiger partial charge in [-0.05, 0) is 162 Å². The van der Waals surface area contributed by atoms with Crippen molar-refractivity contribution in [2.75, 3.05) is 52.9 Å². The summed E-state index contributed by atoms with van der Waals surface area (Å²) in [5.74, 6) is 5.84. The van der Waals surface area contributed by atoms with E-state index in [4.69, 9.17) is 37.9 Å². The van der Waals surface area contributed by atoms with E-state index in [0.29, 0.717) is 52.9 Å². The van der Waals surface area contributed by atoms with Gasteiger partial charge >= 0.3 is 0 Å². The summed E-state index contributed by atoms with van der Waals surface area (Å²) in [6.45, 7) is 12.2. The zero-order valence-electron chi connectivity index (χ0n) is 56.3. The van der Waals surface area contributed by atoms with Crippen LogP contribution in [0.4, 0.5) is 0 Å². The van der Waals surface area contributed by atoms with Crippen LogP contribution in [0.5, 0.6) is 46.0 Å². The highest BCUT2D eigenvalue weighted by atomic mass is 79.9. The third-order valence-electron chi connectivity index (χ3n) is 19.6. The highest BCUT2D eigenvalue weighted by molar-refractivity contribution is 9.11. The first-order chi connectivity index (χ1) is 45.3. The summed E-state index contributed by atoms with van der Waals surface area (Å²) in [6, 6.07) is 10.0. The van der Waals surface area contributed by atoms with Crippen molar-refractivity contribution >= 4 is 63.7 Å². The van der Waals surface area contributed by atoms with E-state index in [1.54, 1.807) is 0 Å². The Labute approximate surface area is 588 Å². The number of ether oxygens (including phenoxy) is 8. The lowest BCUT2D eigenvalue weighted by Gasteiger charge is -2.33. The van der Waals surface area contributed by atoms with E-state index in [1.807, 2.05) is 0 Å². The van der Waals surface area contributed by atoms with Crippen molar-refractivity contribution in [3.8, 4) is 46.0 Å². The molecule has 1 aliphatic carbocycles. The molecule has 0 radical (unpaired) electrons. The molecule has 0 aromatic heterocycles. The molecule has 92 heavy (non-hydrogen) atoms. The van der Waals surface area contributed by atoms with Gasteiger partial charge in [-0.3, -0.25) is 0 Å². The number of benzene rings is 4. The molecule has 4 heterocycles. The number of hydrogen-bond donors (Lipinski definition) is 0. The molecule has 5 aliphatic rings. The molecule has 0 saturated carbocycles. The number of halogens is 4. The van der Waals surface area contributed by atoms with Gasteiger partial charge in [0.25, 0.3) is 0 Å². The first-order valence-electron chi connectivity index (χ1n) is 36.4. The van der Waals surface area contributed by atoms with Crippen LogP contribution in [0.15, 0.2) is 90.8 Å². The van der Waals surface area contributed by atoms with Crippen molar-refractivity contribution in [2.45, 2.75) is 257 Å². The highest BCUT2D eigenvalue weighted by Crippen LogP contribution is 2.59. The fourth-order valence-electron chi connectivity index (χ4n) is 14.6. The topological polar surface area (TPSA) is 73.8 Å². The standard InChI is InChI=1S/C80H108Br4O8/c1-5-9-13-17-21-25-29-41-57-61-53-63-58(42-30-26-22-18-14-10-6-2)65-55-67-60(44-32-28-24-20-16-12-8-4)68-56-66-59(43-31-27-23-19-15-11-7-3)64-54-62(57)74-70(82)76(64)88-48-36-38-50-90-78(66)72(84)80(68)92-52-40-39-51-91-79(67)71(83)77(65)89-49-37-35-47-87-75(63)69(81)73(61)85-45-33-34-46-86-74/h33-40,53-60H,5-32,41-52H2,1-4H3/b34-33-,37-35-,38-36-,40-39-. The summed E-state index contributed by atoms with van der Waals surface area (Å²) >= 11 is 17.5. The van der Waals surface area contributed by atoms with Crippen LogP contribution in [0, 0.1) is 0 Å². The summed E-state index contributed by atoms with van der Waals surface area (Å²) in [5.41, 5.74) is 9.02. The van der Waals surface area contributed by atoms with E-state index in [1.165, 1.54) is 128 Å². The van der Waals surface area contributed by atoms with Crippen LogP contribution in [0.25, 0.3) is 0 Å².